The molecule has 2 aliphatic carbocycles. The summed E-state index contributed by atoms with van der Waals surface area (Å²) in [5, 5.41) is 3.88. The summed E-state index contributed by atoms with van der Waals surface area (Å²) in [5.74, 6) is 0.701. The quantitative estimate of drug-likeness (QED) is 0.317. The molecule has 0 saturated heterocycles. The van der Waals surface area contributed by atoms with Crippen molar-refractivity contribution in [3.8, 4) is 0 Å². The highest BCUT2D eigenvalue weighted by Gasteiger charge is 2.23. The van der Waals surface area contributed by atoms with Crippen LogP contribution < -0.4 is 11.1 Å². The first-order chi connectivity index (χ1) is 14.0. The van der Waals surface area contributed by atoms with Crippen molar-refractivity contribution in [2.45, 2.75) is 37.8 Å². The van der Waals surface area contributed by atoms with Gasteiger partial charge >= 0.3 is 0 Å². The second-order valence-corrected chi connectivity index (χ2v) is 7.68. The number of nitrogens with one attached hydrogen (secondary N) is 1. The first-order valence-electron chi connectivity index (χ1n) is 8.98. The van der Waals surface area contributed by atoms with Crippen LogP contribution in [0.25, 0.3) is 22.2 Å². The summed E-state index contributed by atoms with van der Waals surface area (Å²) in [6, 6.07) is 4.56. The molecule has 0 aliphatic heterocycles. The zero-order chi connectivity index (χ0) is 20.4. The highest BCUT2D eigenvalue weighted by molar-refractivity contribution is 6.35. The number of hydrogen-bond acceptors (Lipinski definition) is 8. The van der Waals surface area contributed by atoms with Crippen LogP contribution in [0.5, 0.6) is 0 Å². The Morgan fingerprint density at radius 2 is 1.38 bits per heavy atom. The minimum Gasteiger partial charge on any atom is -0.459 e. The molecule has 2 saturated carbocycles. The lowest BCUT2D eigenvalue weighted by atomic mass is 10.4. The summed E-state index contributed by atoms with van der Waals surface area (Å²) < 4.78 is 10.3. The molecular formula is C18H17Cl3N6O2. The molecule has 4 heterocycles. The third-order valence-electron chi connectivity index (χ3n) is 4.05. The number of furan rings is 2. The number of anilines is 1. The summed E-state index contributed by atoms with van der Waals surface area (Å²) >= 11 is 17.0. The number of fused-ring (bicyclic) bond motifs is 2. The van der Waals surface area contributed by atoms with E-state index in [1.165, 1.54) is 31.9 Å². The van der Waals surface area contributed by atoms with E-state index in [1.807, 2.05) is 0 Å². The van der Waals surface area contributed by atoms with Gasteiger partial charge < -0.3 is 19.9 Å². The van der Waals surface area contributed by atoms with Gasteiger partial charge in [0, 0.05) is 24.2 Å². The van der Waals surface area contributed by atoms with Gasteiger partial charge in [0.2, 0.25) is 10.6 Å². The van der Waals surface area contributed by atoms with Crippen molar-refractivity contribution in [2.24, 2.45) is 5.73 Å². The summed E-state index contributed by atoms with van der Waals surface area (Å²) in [6.07, 6.45) is 7.98. The molecule has 152 valence electrons. The number of nitrogens with zero attached hydrogens (tertiary/aromatic N) is 4. The molecule has 0 unspecified atom stereocenters. The van der Waals surface area contributed by atoms with Crippen molar-refractivity contribution in [3.63, 3.8) is 0 Å². The summed E-state index contributed by atoms with van der Waals surface area (Å²) in [4.78, 5) is 15.7. The Morgan fingerprint density at radius 3 is 1.97 bits per heavy atom. The molecule has 0 atom stereocenters. The van der Waals surface area contributed by atoms with Crippen LogP contribution in [0.1, 0.15) is 25.7 Å². The van der Waals surface area contributed by atoms with E-state index in [4.69, 9.17) is 49.4 Å². The molecule has 2 aliphatic rings. The lowest BCUT2D eigenvalue weighted by Gasteiger charge is -2.03. The summed E-state index contributed by atoms with van der Waals surface area (Å²) in [6.45, 7) is 0. The van der Waals surface area contributed by atoms with Crippen molar-refractivity contribution in [1.82, 2.24) is 19.9 Å². The molecule has 0 spiro atoms. The minimum absolute atomic E-state index is 0.129. The van der Waals surface area contributed by atoms with Gasteiger partial charge in [0.05, 0.1) is 12.5 Å². The van der Waals surface area contributed by atoms with E-state index < -0.39 is 0 Å². The molecule has 0 bridgehead atoms. The van der Waals surface area contributed by atoms with Gasteiger partial charge in [-0.25, -0.2) is 15.0 Å². The standard InChI is InChI=1S/C9H8ClN3O.C6H2Cl2N2O.C3H7N/c10-9-12-6-3-4-14-7(6)8(13-9)11-5-1-2-5;7-5-4-3(1-2-11-4)9-6(8)10-5;4-3-1-2-3/h3-5H,1-2H2,(H,11,12,13);1-2H;3H,1-2,4H2. The van der Waals surface area contributed by atoms with Crippen LogP contribution in [0.3, 0.4) is 0 Å². The van der Waals surface area contributed by atoms with Gasteiger partial charge in [0.1, 0.15) is 11.0 Å². The zero-order valence-electron chi connectivity index (χ0n) is 15.1. The highest BCUT2D eigenvalue weighted by atomic mass is 35.5. The normalized spacial score (nSPS) is 15.4. The fourth-order valence-electron chi connectivity index (χ4n) is 2.25. The average molecular weight is 456 g/mol. The van der Waals surface area contributed by atoms with Crippen molar-refractivity contribution in [1.29, 1.82) is 0 Å². The monoisotopic (exact) mass is 454 g/mol. The summed E-state index contributed by atoms with van der Waals surface area (Å²) in [7, 11) is 0. The molecule has 3 N–H and O–H groups in total. The third kappa shape index (κ3) is 5.48. The van der Waals surface area contributed by atoms with Crippen LogP contribution in [0, 0.1) is 0 Å². The van der Waals surface area contributed by atoms with E-state index in [-0.39, 0.29) is 15.7 Å². The van der Waals surface area contributed by atoms with E-state index in [0.29, 0.717) is 34.6 Å². The third-order valence-corrected chi connectivity index (χ3v) is 4.65. The Morgan fingerprint density at radius 1 is 0.828 bits per heavy atom. The lowest BCUT2D eigenvalue weighted by molar-refractivity contribution is 0.613. The fourth-order valence-corrected chi connectivity index (χ4v) is 2.87. The van der Waals surface area contributed by atoms with Gasteiger partial charge in [-0.1, -0.05) is 11.6 Å². The van der Waals surface area contributed by atoms with Gasteiger partial charge in [-0.3, -0.25) is 0 Å². The van der Waals surface area contributed by atoms with E-state index in [2.05, 4.69) is 25.3 Å². The Kier molecular flexibility index (Phi) is 6.05. The van der Waals surface area contributed by atoms with Crippen molar-refractivity contribution < 1.29 is 8.83 Å². The molecule has 4 aromatic heterocycles. The second kappa shape index (κ2) is 8.71. The van der Waals surface area contributed by atoms with Crippen LogP contribution in [-0.4, -0.2) is 32.0 Å². The Hall–Kier alpha value is -2.13. The van der Waals surface area contributed by atoms with Crippen molar-refractivity contribution in [3.05, 3.63) is 40.4 Å². The highest BCUT2D eigenvalue weighted by Crippen LogP contribution is 2.29. The van der Waals surface area contributed by atoms with Gasteiger partial charge in [-0.2, -0.15) is 4.98 Å². The van der Waals surface area contributed by atoms with E-state index in [0.717, 1.165) is 5.52 Å². The number of halogens is 3. The van der Waals surface area contributed by atoms with E-state index >= 15 is 0 Å². The van der Waals surface area contributed by atoms with Gasteiger partial charge in [-0.05, 0) is 48.9 Å². The zero-order valence-corrected chi connectivity index (χ0v) is 17.4. The maximum absolute atomic E-state index is 5.78. The predicted molar refractivity (Wildman–Crippen MR) is 112 cm³/mol. The summed E-state index contributed by atoms with van der Waals surface area (Å²) in [5.41, 5.74) is 7.74. The largest absolute Gasteiger partial charge is 0.459 e. The molecule has 4 aromatic rings. The molecule has 8 nitrogen and oxygen atoms in total. The molecular weight excluding hydrogens is 439 g/mol. The Labute approximate surface area is 180 Å². The van der Waals surface area contributed by atoms with Crippen LogP contribution in [-0.2, 0) is 0 Å². The number of nitrogens with two attached hydrogens (primary N) is 1. The maximum atomic E-state index is 5.78. The Bertz CT molecular complexity index is 1120. The molecule has 0 aromatic carbocycles. The number of hydrogen-bond donors (Lipinski definition) is 2. The predicted octanol–water partition coefficient (Wildman–Crippen LogP) is 5.09. The van der Waals surface area contributed by atoms with Gasteiger partial charge in [0.15, 0.2) is 22.1 Å². The topological polar surface area (TPSA) is 116 Å². The first kappa shape index (κ1) is 20.2. The smallest absolute Gasteiger partial charge is 0.225 e. The Balaban J connectivity index is 0.000000121. The van der Waals surface area contributed by atoms with Gasteiger partial charge in [0.25, 0.3) is 0 Å². The first-order valence-corrected chi connectivity index (χ1v) is 10.1. The number of aromatic nitrogens is 4. The second-order valence-electron chi connectivity index (χ2n) is 6.65. The van der Waals surface area contributed by atoms with Crippen LogP contribution in [0.15, 0.2) is 33.5 Å². The molecule has 11 heteroatoms. The SMILES string of the molecule is Clc1nc(Cl)c2occc2n1.Clc1nc(NC2CC2)c2occc2n1.NC1CC1. The molecule has 0 amide bonds. The van der Waals surface area contributed by atoms with E-state index in [9.17, 15) is 0 Å². The minimum atomic E-state index is 0.129. The fraction of sp³-hybridized carbons (Fsp3) is 0.333. The maximum Gasteiger partial charge on any atom is 0.225 e. The average Bonchev–Trinajstić information content (AvgIpc) is 3.54. The van der Waals surface area contributed by atoms with E-state index in [1.54, 1.807) is 18.4 Å². The molecule has 2 fully saturated rings. The van der Waals surface area contributed by atoms with Crippen molar-refractivity contribution in [2.75, 3.05) is 5.32 Å². The van der Waals surface area contributed by atoms with Crippen LogP contribution in [0.2, 0.25) is 15.7 Å². The lowest BCUT2D eigenvalue weighted by Crippen LogP contribution is -2.03. The molecule has 29 heavy (non-hydrogen) atoms. The number of rotatable bonds is 2. The van der Waals surface area contributed by atoms with Crippen molar-refractivity contribution >= 4 is 62.8 Å². The van der Waals surface area contributed by atoms with Crippen LogP contribution in [0.4, 0.5) is 5.82 Å². The molecule has 6 rings (SSSR count). The van der Waals surface area contributed by atoms with Gasteiger partial charge in [-0.15, -0.1) is 0 Å². The molecule has 0 radical (unpaired) electrons. The van der Waals surface area contributed by atoms with Crippen LogP contribution >= 0.6 is 34.8 Å².